The fraction of sp³-hybridized carbons (Fsp3) is 1.00. The summed E-state index contributed by atoms with van der Waals surface area (Å²) in [6, 6.07) is 0. The highest BCUT2D eigenvalue weighted by Crippen LogP contribution is 2.59. The van der Waals surface area contributed by atoms with Crippen LogP contribution < -0.4 is 0 Å². The molecule has 0 nitrogen and oxygen atoms in total. The average molecular weight is 1640 g/mol. The lowest BCUT2D eigenvalue weighted by molar-refractivity contribution is -0.0310. The molecule has 0 aliphatic heterocycles. The molecule has 0 aliphatic rings. The Labute approximate surface area is 747 Å². The van der Waals surface area contributed by atoms with E-state index in [1.54, 1.807) is 38.5 Å². The Kier molecular flexibility index (Phi) is 105. The summed E-state index contributed by atoms with van der Waals surface area (Å²) in [5, 5.41) is 0. The van der Waals surface area contributed by atoms with Crippen LogP contribution in [0.4, 0.5) is 0 Å². The molecule has 0 aromatic heterocycles. The van der Waals surface area contributed by atoms with Crippen LogP contribution in [0.5, 0.6) is 0 Å². The van der Waals surface area contributed by atoms with Gasteiger partial charge in [0.2, 0.25) is 0 Å². The minimum atomic E-state index is 0.534. The smallest absolute Gasteiger partial charge is 0.0241 e. The van der Waals surface area contributed by atoms with Crippen LogP contribution in [0.1, 0.15) is 741 Å². The van der Waals surface area contributed by atoms with E-state index in [1.807, 2.05) is 0 Å². The van der Waals surface area contributed by atoms with E-state index in [2.05, 4.69) is 41.5 Å². The second kappa shape index (κ2) is 105. The van der Waals surface area contributed by atoms with Gasteiger partial charge in [0.25, 0.3) is 0 Å². The van der Waals surface area contributed by atoms with Gasteiger partial charge in [-0.3, -0.25) is 0 Å². The van der Waals surface area contributed by atoms with Gasteiger partial charge < -0.3 is 0 Å². The molecule has 0 saturated carbocycles. The molecule has 0 heterocycles. The number of unbranched alkanes of at least 4 members (excludes halogenated alkanes) is 97. The predicted octanol–water partition coefficient (Wildman–Crippen LogP) is 45.6. The van der Waals surface area contributed by atoms with Crippen molar-refractivity contribution >= 4 is 0 Å². The first-order valence-corrected chi connectivity index (χ1v) is 58.1. The molecule has 117 heavy (non-hydrogen) atoms. The zero-order valence-corrected chi connectivity index (χ0v) is 84.1. The molecule has 0 radical (unpaired) electrons. The summed E-state index contributed by atoms with van der Waals surface area (Å²) in [5.41, 5.74) is 1.07. The van der Waals surface area contributed by atoms with Crippen LogP contribution >= 0.6 is 0 Å². The van der Waals surface area contributed by atoms with Crippen molar-refractivity contribution in [2.75, 3.05) is 0 Å². The fourth-order valence-corrected chi connectivity index (χ4v) is 21.6. The molecule has 0 aliphatic carbocycles. The zero-order valence-electron chi connectivity index (χ0n) is 84.1. The Bertz CT molecular complexity index is 1610. The minimum Gasteiger partial charge on any atom is -0.0654 e. The Morgan fingerprint density at radius 2 is 0.120 bits per heavy atom. The van der Waals surface area contributed by atoms with Crippen LogP contribution in [0.15, 0.2) is 0 Å². The van der Waals surface area contributed by atoms with Gasteiger partial charge in [0.05, 0.1) is 0 Å². The van der Waals surface area contributed by atoms with Crippen molar-refractivity contribution in [1.29, 1.82) is 0 Å². The summed E-state index contributed by atoms with van der Waals surface area (Å²) in [7, 11) is 0. The highest BCUT2D eigenvalue weighted by molar-refractivity contribution is 4.99. The van der Waals surface area contributed by atoms with Crippen LogP contribution in [-0.2, 0) is 0 Å². The minimum absolute atomic E-state index is 0.534. The van der Waals surface area contributed by atoms with Crippen molar-refractivity contribution in [2.24, 2.45) is 10.8 Å². The quantitative estimate of drug-likeness (QED) is 0.0533. The molecule has 0 fully saturated rings. The van der Waals surface area contributed by atoms with Crippen molar-refractivity contribution in [3.63, 3.8) is 0 Å². The Morgan fingerprint density at radius 1 is 0.0684 bits per heavy atom. The van der Waals surface area contributed by atoms with Gasteiger partial charge in [-0.25, -0.2) is 0 Å². The maximum atomic E-state index is 2.36. The second-order valence-corrected chi connectivity index (χ2v) is 41.4. The first-order valence-electron chi connectivity index (χ1n) is 58.1. The third-order valence-corrected chi connectivity index (χ3v) is 29.9. The topological polar surface area (TPSA) is 0 Å². The van der Waals surface area contributed by atoms with E-state index < -0.39 is 0 Å². The molecule has 2 unspecified atom stereocenters. The van der Waals surface area contributed by atoms with Gasteiger partial charge in [0, 0.05) is 0 Å². The van der Waals surface area contributed by atoms with Crippen molar-refractivity contribution in [3.8, 4) is 0 Å². The number of rotatable bonds is 110. The summed E-state index contributed by atoms with van der Waals surface area (Å²) in [6.07, 6.45) is 163. The van der Waals surface area contributed by atoms with Crippen molar-refractivity contribution in [1.82, 2.24) is 0 Å². The maximum Gasteiger partial charge on any atom is -0.0241 e. The van der Waals surface area contributed by atoms with Gasteiger partial charge in [0.15, 0.2) is 0 Å². The van der Waals surface area contributed by atoms with Gasteiger partial charge in [-0.05, 0) is 49.4 Å². The predicted molar refractivity (Wildman–Crippen MR) is 542 cm³/mol. The highest BCUT2D eigenvalue weighted by Gasteiger charge is 2.48. The molecule has 0 aromatic rings. The normalized spacial score (nSPS) is 13.0. The van der Waals surface area contributed by atoms with Crippen LogP contribution in [0.25, 0.3) is 0 Å². The van der Waals surface area contributed by atoms with E-state index in [0.29, 0.717) is 10.8 Å². The Morgan fingerprint density at radius 3 is 0.179 bits per heavy atom. The lowest BCUT2D eigenvalue weighted by Gasteiger charge is -2.53. The van der Waals surface area contributed by atoms with Gasteiger partial charge in [-0.1, -0.05) is 703 Å². The van der Waals surface area contributed by atoms with E-state index in [0.717, 1.165) is 0 Å². The standard InChI is InChI=1S/C117H236/c1-7-13-19-25-31-37-43-49-55-60-63-67-73-79-85-91-97-103-109-115-117(112-106-100-94-88-82-76-70-64-58-52-46-40-34-28-22-16-10-4,114-108-102-96-90-84-78-72-66-62-57-51-45-39-33-27-21-15-9-3)116(110-104-98-92-86-80-74-68-54-48-42-36-30-24-18-12-6,111-105-99-93-87-81-75-69-59-53-47-41-35-29-23-17-11-5)113-107-101-95-89-83-77-71-65-61-56-50-44-38-32-26-20-14-8-2/h7-115H2,1-6H3. The van der Waals surface area contributed by atoms with E-state index in [-0.39, 0.29) is 0 Å². The van der Waals surface area contributed by atoms with Crippen LogP contribution in [-0.4, -0.2) is 0 Å². The van der Waals surface area contributed by atoms with Gasteiger partial charge in [0.1, 0.15) is 0 Å². The molecule has 2 atom stereocenters. The Balaban J connectivity index is 6.93. The molecule has 0 spiro atoms. The van der Waals surface area contributed by atoms with Crippen molar-refractivity contribution in [3.05, 3.63) is 0 Å². The van der Waals surface area contributed by atoms with Crippen LogP contribution in [0.2, 0.25) is 0 Å². The summed E-state index contributed by atoms with van der Waals surface area (Å²) in [5.74, 6) is 0. The lowest BCUT2D eigenvalue weighted by Crippen LogP contribution is -2.43. The molecular formula is C117H236. The molecule has 0 amide bonds. The molecule has 0 bridgehead atoms. The largest absolute Gasteiger partial charge is 0.0654 e. The summed E-state index contributed by atoms with van der Waals surface area (Å²) in [4.78, 5) is 0. The molecule has 0 N–H and O–H groups in total. The summed E-state index contributed by atoms with van der Waals surface area (Å²) in [6.45, 7) is 14.1. The van der Waals surface area contributed by atoms with Crippen molar-refractivity contribution < 1.29 is 0 Å². The molecule has 0 saturated heterocycles. The monoisotopic (exact) mass is 1640 g/mol. The third-order valence-electron chi connectivity index (χ3n) is 29.9. The molecule has 0 rings (SSSR count). The Hall–Kier alpha value is 0. The van der Waals surface area contributed by atoms with Crippen LogP contribution in [0, 0.1) is 10.8 Å². The highest BCUT2D eigenvalue weighted by atomic mass is 14.5. The van der Waals surface area contributed by atoms with Gasteiger partial charge in [-0.15, -0.1) is 0 Å². The van der Waals surface area contributed by atoms with E-state index >= 15 is 0 Å². The van der Waals surface area contributed by atoms with Crippen molar-refractivity contribution in [2.45, 2.75) is 741 Å². The van der Waals surface area contributed by atoms with Gasteiger partial charge in [-0.2, -0.15) is 0 Å². The average Bonchev–Trinajstić information content (AvgIpc) is 0.768. The third kappa shape index (κ3) is 89.2. The number of hydrogen-bond donors (Lipinski definition) is 0. The van der Waals surface area contributed by atoms with E-state index in [1.165, 1.54) is 661 Å². The number of hydrogen-bond acceptors (Lipinski definition) is 0. The maximum absolute atomic E-state index is 2.36. The van der Waals surface area contributed by atoms with Crippen LogP contribution in [0.3, 0.4) is 0 Å². The first kappa shape index (κ1) is 117. The molecule has 0 heteroatoms. The fourth-order valence-electron chi connectivity index (χ4n) is 21.6. The summed E-state index contributed by atoms with van der Waals surface area (Å²) >= 11 is 0. The van der Waals surface area contributed by atoms with E-state index in [9.17, 15) is 0 Å². The first-order chi connectivity index (χ1) is 58.1. The van der Waals surface area contributed by atoms with Gasteiger partial charge >= 0.3 is 0 Å². The lowest BCUT2D eigenvalue weighted by atomic mass is 9.51. The molecule has 0 aromatic carbocycles. The zero-order chi connectivity index (χ0) is 84.1. The molecular weight excluding hydrogens is 1410 g/mol. The SMILES string of the molecule is CCCCCCCCCCCCCCCCCCCCCC(CCCCCCCCCCCCCCCCCCC)(CCCCCCCCCCCCCCCCCCCC)C(CCCCCCCCCCCCCCCCC)(CCCCCCCCCCCCCCCCCC)CCCCCCCCCCCCCCCCCCCC. The second-order valence-electron chi connectivity index (χ2n) is 41.4. The van der Waals surface area contributed by atoms with E-state index in [4.69, 9.17) is 0 Å². The molecule has 704 valence electrons. The summed E-state index contributed by atoms with van der Waals surface area (Å²) < 4.78 is 0.